The molecule has 3 rings (SSSR count). The molecule has 0 bridgehead atoms. The lowest BCUT2D eigenvalue weighted by Crippen LogP contribution is -2.41. The van der Waals surface area contributed by atoms with Gasteiger partial charge < -0.3 is 10.3 Å². The average molecular weight is 306 g/mol. The highest BCUT2D eigenvalue weighted by atomic mass is 35.5. The second-order valence-corrected chi connectivity index (χ2v) is 6.66. The van der Waals surface area contributed by atoms with Crippen LogP contribution in [0, 0.1) is 12.8 Å². The zero-order chi connectivity index (χ0) is 15.0. The summed E-state index contributed by atoms with van der Waals surface area (Å²) in [6, 6.07) is 5.62. The van der Waals surface area contributed by atoms with E-state index in [2.05, 4.69) is 17.1 Å². The van der Waals surface area contributed by atoms with Crippen LogP contribution < -0.4 is 5.73 Å². The Bertz CT molecular complexity index is 645. The topological polar surface area (TPSA) is 64.9 Å². The Hall–Kier alpha value is -1.39. The molecular formula is C16H20ClN3O. The van der Waals surface area contributed by atoms with Gasteiger partial charge in [-0.15, -0.1) is 0 Å². The predicted octanol–water partition coefficient (Wildman–Crippen LogP) is 4.06. The van der Waals surface area contributed by atoms with E-state index in [-0.39, 0.29) is 0 Å². The second-order valence-electron chi connectivity index (χ2n) is 6.22. The van der Waals surface area contributed by atoms with Gasteiger partial charge in [0, 0.05) is 10.6 Å². The number of nitrogens with two attached hydrogens (primary N) is 1. The predicted molar refractivity (Wildman–Crippen MR) is 83.0 cm³/mol. The zero-order valence-corrected chi connectivity index (χ0v) is 13.2. The molecule has 4 nitrogen and oxygen atoms in total. The lowest BCUT2D eigenvalue weighted by Gasteiger charge is -2.33. The van der Waals surface area contributed by atoms with Crippen molar-refractivity contribution in [2.45, 2.75) is 45.1 Å². The molecule has 0 spiro atoms. The van der Waals surface area contributed by atoms with E-state index in [1.165, 1.54) is 0 Å². The molecule has 112 valence electrons. The van der Waals surface area contributed by atoms with Crippen LogP contribution in [0.3, 0.4) is 0 Å². The molecule has 2 N–H and O–H groups in total. The van der Waals surface area contributed by atoms with Gasteiger partial charge in [0.1, 0.15) is 0 Å². The van der Waals surface area contributed by atoms with Gasteiger partial charge in [-0.2, -0.15) is 4.98 Å². The zero-order valence-electron chi connectivity index (χ0n) is 12.4. The molecule has 0 atom stereocenters. The number of aryl methyl sites for hydroxylation is 1. The van der Waals surface area contributed by atoms with Crippen molar-refractivity contribution in [1.29, 1.82) is 0 Å². The number of halogens is 1. The van der Waals surface area contributed by atoms with Gasteiger partial charge in [-0.25, -0.2) is 0 Å². The minimum absolute atomic E-state index is 0.450. The first-order valence-corrected chi connectivity index (χ1v) is 7.75. The van der Waals surface area contributed by atoms with Crippen LogP contribution >= 0.6 is 11.6 Å². The van der Waals surface area contributed by atoms with Crippen molar-refractivity contribution in [3.63, 3.8) is 0 Å². The fourth-order valence-corrected chi connectivity index (χ4v) is 3.13. The molecule has 0 amide bonds. The summed E-state index contributed by atoms with van der Waals surface area (Å²) in [6.07, 6.45) is 4.04. The largest absolute Gasteiger partial charge is 0.334 e. The van der Waals surface area contributed by atoms with Crippen LogP contribution in [0.15, 0.2) is 22.7 Å². The van der Waals surface area contributed by atoms with Crippen LogP contribution in [0.25, 0.3) is 11.5 Å². The van der Waals surface area contributed by atoms with E-state index in [4.69, 9.17) is 21.9 Å². The molecule has 0 unspecified atom stereocenters. The van der Waals surface area contributed by atoms with Crippen molar-refractivity contribution in [2.24, 2.45) is 11.7 Å². The van der Waals surface area contributed by atoms with Gasteiger partial charge in [0.05, 0.1) is 5.54 Å². The Kier molecular flexibility index (Phi) is 3.76. The Balaban J connectivity index is 1.89. The monoisotopic (exact) mass is 305 g/mol. The third-order valence-corrected chi connectivity index (χ3v) is 4.69. The molecule has 1 heterocycles. The second kappa shape index (κ2) is 5.43. The first-order valence-electron chi connectivity index (χ1n) is 7.37. The van der Waals surface area contributed by atoms with Gasteiger partial charge >= 0.3 is 0 Å². The van der Waals surface area contributed by atoms with Crippen molar-refractivity contribution in [3.8, 4) is 11.5 Å². The molecule has 1 aliphatic carbocycles. The van der Waals surface area contributed by atoms with Gasteiger partial charge in [0.25, 0.3) is 5.89 Å². The highest BCUT2D eigenvalue weighted by Crippen LogP contribution is 2.37. The molecule has 1 fully saturated rings. The third kappa shape index (κ3) is 2.83. The van der Waals surface area contributed by atoms with Crippen molar-refractivity contribution in [2.75, 3.05) is 0 Å². The fraction of sp³-hybridized carbons (Fsp3) is 0.500. The molecule has 1 saturated carbocycles. The first-order chi connectivity index (χ1) is 9.98. The maximum absolute atomic E-state index is 6.49. The molecule has 2 aromatic rings. The van der Waals surface area contributed by atoms with Gasteiger partial charge in [0.15, 0.2) is 5.82 Å². The normalized spacial score (nSPS) is 26.0. The van der Waals surface area contributed by atoms with E-state index in [1.807, 2.05) is 25.1 Å². The summed E-state index contributed by atoms with van der Waals surface area (Å²) in [5, 5.41) is 4.83. The Morgan fingerprint density at radius 1 is 1.33 bits per heavy atom. The molecule has 1 aromatic carbocycles. The van der Waals surface area contributed by atoms with E-state index in [1.54, 1.807) is 0 Å². The molecule has 1 aliphatic rings. The SMILES string of the molecule is Cc1cc(Cl)ccc1-c1nc(C2(N)CCC(C)CC2)no1. The number of hydrogen-bond donors (Lipinski definition) is 1. The van der Waals surface area contributed by atoms with Crippen molar-refractivity contribution in [3.05, 3.63) is 34.6 Å². The van der Waals surface area contributed by atoms with Gasteiger partial charge in [-0.05, 0) is 62.3 Å². The van der Waals surface area contributed by atoms with E-state index in [9.17, 15) is 0 Å². The lowest BCUT2D eigenvalue weighted by atomic mass is 9.77. The quantitative estimate of drug-likeness (QED) is 0.908. The van der Waals surface area contributed by atoms with Crippen LogP contribution in [-0.4, -0.2) is 10.1 Å². The molecular weight excluding hydrogens is 286 g/mol. The summed E-state index contributed by atoms with van der Waals surface area (Å²) < 4.78 is 5.43. The van der Waals surface area contributed by atoms with E-state index >= 15 is 0 Å². The van der Waals surface area contributed by atoms with Crippen LogP contribution in [0.1, 0.15) is 44.0 Å². The Morgan fingerprint density at radius 2 is 2.05 bits per heavy atom. The molecule has 0 aliphatic heterocycles. The summed E-state index contributed by atoms with van der Waals surface area (Å²) in [6.45, 7) is 4.24. The van der Waals surface area contributed by atoms with Crippen LogP contribution in [-0.2, 0) is 5.54 Å². The Morgan fingerprint density at radius 3 is 2.71 bits per heavy atom. The van der Waals surface area contributed by atoms with E-state index in [0.717, 1.165) is 42.7 Å². The van der Waals surface area contributed by atoms with E-state index in [0.29, 0.717) is 16.7 Å². The maximum Gasteiger partial charge on any atom is 0.258 e. The summed E-state index contributed by atoms with van der Waals surface area (Å²) in [7, 11) is 0. The van der Waals surface area contributed by atoms with Gasteiger partial charge in [-0.3, -0.25) is 0 Å². The first kappa shape index (κ1) is 14.5. The fourth-order valence-electron chi connectivity index (χ4n) is 2.90. The number of aromatic nitrogens is 2. The van der Waals surface area contributed by atoms with Gasteiger partial charge in [0.2, 0.25) is 0 Å². The third-order valence-electron chi connectivity index (χ3n) is 4.46. The highest BCUT2D eigenvalue weighted by Gasteiger charge is 2.36. The van der Waals surface area contributed by atoms with Crippen LogP contribution in [0.4, 0.5) is 0 Å². The van der Waals surface area contributed by atoms with Crippen molar-refractivity contribution in [1.82, 2.24) is 10.1 Å². The smallest absolute Gasteiger partial charge is 0.258 e. The average Bonchev–Trinajstić information content (AvgIpc) is 2.92. The molecule has 5 heteroatoms. The molecule has 21 heavy (non-hydrogen) atoms. The minimum Gasteiger partial charge on any atom is -0.334 e. The number of nitrogens with zero attached hydrogens (tertiary/aromatic N) is 2. The molecule has 1 aromatic heterocycles. The summed E-state index contributed by atoms with van der Waals surface area (Å²) in [5.41, 5.74) is 7.96. The summed E-state index contributed by atoms with van der Waals surface area (Å²) in [5.74, 6) is 1.87. The highest BCUT2D eigenvalue weighted by molar-refractivity contribution is 6.30. The lowest BCUT2D eigenvalue weighted by molar-refractivity contribution is 0.230. The molecule has 0 saturated heterocycles. The standard InChI is InChI=1S/C16H20ClN3O/c1-10-5-7-16(18,8-6-10)15-19-14(21-20-15)13-4-3-12(17)9-11(13)2/h3-4,9-10H,5-8,18H2,1-2H3. The minimum atomic E-state index is -0.450. The maximum atomic E-state index is 6.49. The summed E-state index contributed by atoms with van der Waals surface area (Å²) >= 11 is 5.98. The number of benzene rings is 1. The van der Waals surface area contributed by atoms with Crippen molar-refractivity contribution < 1.29 is 4.52 Å². The molecule has 0 radical (unpaired) electrons. The number of hydrogen-bond acceptors (Lipinski definition) is 4. The van der Waals surface area contributed by atoms with Gasteiger partial charge in [-0.1, -0.05) is 23.7 Å². The summed E-state index contributed by atoms with van der Waals surface area (Å²) in [4.78, 5) is 4.55. The van der Waals surface area contributed by atoms with E-state index < -0.39 is 5.54 Å². The van der Waals surface area contributed by atoms with Crippen molar-refractivity contribution >= 4 is 11.6 Å². The Labute approximate surface area is 129 Å². The number of rotatable bonds is 2. The van der Waals surface area contributed by atoms with Crippen LogP contribution in [0.2, 0.25) is 5.02 Å². The van der Waals surface area contributed by atoms with Crippen LogP contribution in [0.5, 0.6) is 0 Å².